The van der Waals surface area contributed by atoms with E-state index in [1.54, 1.807) is 12.1 Å². The van der Waals surface area contributed by atoms with Gasteiger partial charge in [0.15, 0.2) is 5.03 Å². The highest BCUT2D eigenvalue weighted by molar-refractivity contribution is 7.89. The smallest absolute Gasteiger partial charge is 0.262 e. The van der Waals surface area contributed by atoms with Crippen LogP contribution in [0.15, 0.2) is 23.4 Å². The van der Waals surface area contributed by atoms with E-state index in [9.17, 15) is 8.42 Å². The van der Waals surface area contributed by atoms with Crippen molar-refractivity contribution >= 4 is 15.7 Å². The number of aromatic nitrogens is 1. The molecule has 6 nitrogen and oxygen atoms in total. The molecule has 0 saturated heterocycles. The Hall–Kier alpha value is -1.18. The Morgan fingerprint density at radius 2 is 2.26 bits per heavy atom. The Bertz CT molecular complexity index is 529. The molecular weight excluding hydrogens is 266 g/mol. The molecule has 0 aromatic carbocycles. The molecule has 0 amide bonds. The fourth-order valence-corrected chi connectivity index (χ4v) is 3.75. The van der Waals surface area contributed by atoms with E-state index >= 15 is 0 Å². The molecule has 2 rings (SSSR count). The van der Waals surface area contributed by atoms with Gasteiger partial charge in [-0.15, -0.1) is 0 Å². The van der Waals surface area contributed by atoms with Crippen molar-refractivity contribution in [1.29, 1.82) is 0 Å². The number of aliphatic hydroxyl groups is 1. The fraction of sp³-hybridized carbons (Fsp3) is 0.583. The summed E-state index contributed by atoms with van der Waals surface area (Å²) in [5.74, 6) is 0. The molecule has 0 radical (unpaired) electrons. The van der Waals surface area contributed by atoms with Gasteiger partial charge in [-0.2, -0.15) is 4.31 Å². The highest BCUT2D eigenvalue weighted by Gasteiger charge is 2.39. The molecular formula is C12H19N3O3S. The second-order valence-corrected chi connectivity index (χ2v) is 6.26. The lowest BCUT2D eigenvalue weighted by atomic mass is 10.4. The molecule has 1 aromatic rings. The van der Waals surface area contributed by atoms with E-state index in [-0.39, 0.29) is 24.2 Å². The van der Waals surface area contributed by atoms with Crippen LogP contribution in [0.1, 0.15) is 19.8 Å². The first-order chi connectivity index (χ1) is 9.11. The van der Waals surface area contributed by atoms with Crippen LogP contribution in [0, 0.1) is 0 Å². The first kappa shape index (κ1) is 14.2. The zero-order valence-corrected chi connectivity index (χ0v) is 11.7. The maximum atomic E-state index is 12.6. The van der Waals surface area contributed by atoms with Gasteiger partial charge in [-0.05, 0) is 31.9 Å². The first-order valence-electron chi connectivity index (χ1n) is 6.42. The molecule has 2 N–H and O–H groups in total. The van der Waals surface area contributed by atoms with Crippen molar-refractivity contribution in [1.82, 2.24) is 9.29 Å². The third-order valence-electron chi connectivity index (χ3n) is 2.97. The van der Waals surface area contributed by atoms with Gasteiger partial charge in [-0.25, -0.2) is 13.4 Å². The van der Waals surface area contributed by atoms with Crippen LogP contribution < -0.4 is 5.32 Å². The number of nitrogens with one attached hydrogen (secondary N) is 1. The van der Waals surface area contributed by atoms with E-state index in [4.69, 9.17) is 5.11 Å². The summed E-state index contributed by atoms with van der Waals surface area (Å²) in [6.07, 6.45) is 3.17. The number of pyridine rings is 1. The summed E-state index contributed by atoms with van der Waals surface area (Å²) in [6, 6.07) is 3.41. The molecule has 1 aliphatic carbocycles. The molecule has 1 heterocycles. The molecule has 1 aromatic heterocycles. The van der Waals surface area contributed by atoms with Gasteiger partial charge in [-0.1, -0.05) is 0 Å². The van der Waals surface area contributed by atoms with E-state index < -0.39 is 10.0 Å². The third kappa shape index (κ3) is 3.05. The maximum Gasteiger partial charge on any atom is 0.262 e. The number of aliphatic hydroxyl groups excluding tert-OH is 1. The fourth-order valence-electron chi connectivity index (χ4n) is 1.99. The summed E-state index contributed by atoms with van der Waals surface area (Å²) < 4.78 is 26.6. The zero-order valence-electron chi connectivity index (χ0n) is 10.9. The van der Waals surface area contributed by atoms with Crippen molar-refractivity contribution < 1.29 is 13.5 Å². The van der Waals surface area contributed by atoms with Crippen LogP contribution >= 0.6 is 0 Å². The van der Waals surface area contributed by atoms with Gasteiger partial charge in [0.05, 0.1) is 12.3 Å². The summed E-state index contributed by atoms with van der Waals surface area (Å²) in [7, 11) is -3.65. The Morgan fingerprint density at radius 1 is 1.53 bits per heavy atom. The molecule has 0 aliphatic heterocycles. The summed E-state index contributed by atoms with van der Waals surface area (Å²) in [5.41, 5.74) is 0.508. The van der Waals surface area contributed by atoms with Gasteiger partial charge >= 0.3 is 0 Å². The SMILES string of the molecule is CCNc1cccnc1S(=O)(=O)N(CCO)C1CC1. The average Bonchev–Trinajstić information content (AvgIpc) is 3.21. The van der Waals surface area contributed by atoms with Gasteiger partial charge in [0.25, 0.3) is 10.0 Å². The Kier molecular flexibility index (Phi) is 4.38. The van der Waals surface area contributed by atoms with E-state index in [1.807, 2.05) is 6.92 Å². The number of hydrogen-bond acceptors (Lipinski definition) is 5. The van der Waals surface area contributed by atoms with Crippen LogP contribution in [0.2, 0.25) is 0 Å². The Labute approximate surface area is 113 Å². The average molecular weight is 285 g/mol. The van der Waals surface area contributed by atoms with Crippen molar-refractivity contribution in [2.45, 2.75) is 30.8 Å². The molecule has 0 unspecified atom stereocenters. The van der Waals surface area contributed by atoms with Gasteiger partial charge in [0.2, 0.25) is 0 Å². The van der Waals surface area contributed by atoms with E-state index in [0.717, 1.165) is 12.8 Å². The molecule has 0 bridgehead atoms. The molecule has 19 heavy (non-hydrogen) atoms. The van der Waals surface area contributed by atoms with Crippen LogP contribution in [0.3, 0.4) is 0 Å². The normalized spacial score (nSPS) is 15.7. The van der Waals surface area contributed by atoms with Crippen LogP contribution in [0.4, 0.5) is 5.69 Å². The van der Waals surface area contributed by atoms with Crippen LogP contribution in [-0.4, -0.2) is 48.6 Å². The maximum absolute atomic E-state index is 12.6. The number of nitrogens with zero attached hydrogens (tertiary/aromatic N) is 2. The van der Waals surface area contributed by atoms with Gasteiger partial charge in [0, 0.05) is 25.3 Å². The highest BCUT2D eigenvalue weighted by atomic mass is 32.2. The van der Waals surface area contributed by atoms with Crippen molar-refractivity contribution in [3.05, 3.63) is 18.3 Å². The monoisotopic (exact) mass is 285 g/mol. The van der Waals surface area contributed by atoms with Crippen molar-refractivity contribution in [3.8, 4) is 0 Å². The third-order valence-corrected chi connectivity index (χ3v) is 4.88. The molecule has 7 heteroatoms. The molecule has 0 spiro atoms. The molecule has 1 aliphatic rings. The lowest BCUT2D eigenvalue weighted by molar-refractivity contribution is 0.250. The summed E-state index contributed by atoms with van der Waals surface area (Å²) >= 11 is 0. The number of sulfonamides is 1. The largest absolute Gasteiger partial charge is 0.395 e. The predicted octanol–water partition coefficient (Wildman–Crippen LogP) is 0.659. The van der Waals surface area contributed by atoms with Crippen molar-refractivity contribution in [3.63, 3.8) is 0 Å². The molecule has 1 fully saturated rings. The second kappa shape index (κ2) is 5.85. The molecule has 1 saturated carbocycles. The van der Waals surface area contributed by atoms with E-state index in [1.165, 1.54) is 10.5 Å². The summed E-state index contributed by atoms with van der Waals surface area (Å²) in [6.45, 7) is 2.46. The lowest BCUT2D eigenvalue weighted by Gasteiger charge is -2.21. The topological polar surface area (TPSA) is 82.5 Å². The number of anilines is 1. The highest BCUT2D eigenvalue weighted by Crippen LogP contribution is 2.33. The van der Waals surface area contributed by atoms with Crippen LogP contribution in [-0.2, 0) is 10.0 Å². The standard InChI is InChI=1S/C12H19N3O3S/c1-2-13-11-4-3-7-14-12(11)19(17,18)15(8-9-16)10-5-6-10/h3-4,7,10,13,16H,2,5-6,8-9H2,1H3. The van der Waals surface area contributed by atoms with Crippen molar-refractivity contribution in [2.75, 3.05) is 25.0 Å². The van der Waals surface area contributed by atoms with Gasteiger partial charge in [0.1, 0.15) is 0 Å². The van der Waals surface area contributed by atoms with Crippen LogP contribution in [0.5, 0.6) is 0 Å². The van der Waals surface area contributed by atoms with Crippen LogP contribution in [0.25, 0.3) is 0 Å². The minimum absolute atomic E-state index is 0.00799. The molecule has 106 valence electrons. The summed E-state index contributed by atoms with van der Waals surface area (Å²) in [4.78, 5) is 4.01. The van der Waals surface area contributed by atoms with E-state index in [2.05, 4.69) is 10.3 Å². The minimum atomic E-state index is -3.65. The Morgan fingerprint density at radius 3 is 2.84 bits per heavy atom. The van der Waals surface area contributed by atoms with Crippen molar-refractivity contribution in [2.24, 2.45) is 0 Å². The van der Waals surface area contributed by atoms with Gasteiger partial charge in [-0.3, -0.25) is 0 Å². The van der Waals surface area contributed by atoms with Gasteiger partial charge < -0.3 is 10.4 Å². The second-order valence-electron chi connectivity index (χ2n) is 4.46. The lowest BCUT2D eigenvalue weighted by Crippen LogP contribution is -2.36. The van der Waals surface area contributed by atoms with E-state index in [0.29, 0.717) is 12.2 Å². The number of rotatable bonds is 7. The summed E-state index contributed by atoms with van der Waals surface area (Å²) in [5, 5.41) is 12.1. The quantitative estimate of drug-likeness (QED) is 0.769. The first-order valence-corrected chi connectivity index (χ1v) is 7.87. The predicted molar refractivity (Wildman–Crippen MR) is 72.4 cm³/mol. The Balaban J connectivity index is 2.37. The zero-order chi connectivity index (χ0) is 13.9. The molecule has 0 atom stereocenters. The minimum Gasteiger partial charge on any atom is -0.395 e. The number of hydrogen-bond donors (Lipinski definition) is 2.